The van der Waals surface area contributed by atoms with Gasteiger partial charge in [-0.05, 0) is 0 Å². The van der Waals surface area contributed by atoms with Crippen molar-refractivity contribution in [3.8, 4) is 0 Å². The molecule has 1 aromatic rings. The van der Waals surface area contributed by atoms with Crippen molar-refractivity contribution in [3.63, 3.8) is 0 Å². The van der Waals surface area contributed by atoms with Gasteiger partial charge in [-0.15, -0.1) is 0 Å². The van der Waals surface area contributed by atoms with Crippen molar-refractivity contribution in [3.05, 3.63) is 30.3 Å². The molecule has 5 heteroatoms. The van der Waals surface area contributed by atoms with Crippen molar-refractivity contribution in [2.75, 3.05) is 52.4 Å². The van der Waals surface area contributed by atoms with Gasteiger partial charge >= 0.3 is 114 Å². The summed E-state index contributed by atoms with van der Waals surface area (Å²) in [6.45, 7) is 10.1. The van der Waals surface area contributed by atoms with Crippen LogP contribution in [0.25, 0.3) is 0 Å². The second-order valence-corrected chi connectivity index (χ2v) is 10.7. The van der Waals surface area contributed by atoms with Gasteiger partial charge in [-0.3, -0.25) is 0 Å². The first kappa shape index (κ1) is 11.2. The van der Waals surface area contributed by atoms with E-state index in [1.807, 2.05) is 0 Å². The number of benzene rings is 1. The molecule has 0 bridgehead atoms. The van der Waals surface area contributed by atoms with Gasteiger partial charge in [0.1, 0.15) is 0 Å². The molecule has 19 heavy (non-hydrogen) atoms. The topological polar surface area (TPSA) is 13.0 Å². The van der Waals surface area contributed by atoms with E-state index in [0.29, 0.717) is 0 Å². The van der Waals surface area contributed by atoms with Crippen LogP contribution in [0.15, 0.2) is 30.3 Å². The summed E-state index contributed by atoms with van der Waals surface area (Å²) in [5, 5.41) is 1.60. The molecule has 0 aliphatic carbocycles. The third-order valence-electron chi connectivity index (χ3n) is 5.77. The van der Waals surface area contributed by atoms with Crippen molar-refractivity contribution < 1.29 is 0 Å². The summed E-state index contributed by atoms with van der Waals surface area (Å²) >= 11 is 0. The summed E-state index contributed by atoms with van der Waals surface area (Å²) in [4.78, 5) is 0. The first-order valence-electron chi connectivity index (χ1n) is 7.46. The van der Waals surface area contributed by atoms with Crippen LogP contribution < -0.4 is 5.30 Å². The van der Waals surface area contributed by atoms with Gasteiger partial charge in [0.2, 0.25) is 0 Å². The molecule has 4 nitrogen and oxygen atoms in total. The van der Waals surface area contributed by atoms with Gasteiger partial charge in [-0.1, -0.05) is 0 Å². The number of rotatable bonds is 1. The van der Waals surface area contributed by atoms with Crippen LogP contribution in [0.4, 0.5) is 0 Å². The molecule has 0 saturated carbocycles. The summed E-state index contributed by atoms with van der Waals surface area (Å²) in [6, 6.07) is 11.4. The molecule has 4 heterocycles. The third-order valence-corrected chi connectivity index (χ3v) is 12.8. The standard InChI is InChI=1S/C14H21N4P/c1-2-4-14(5-3-1)19-15-6-7-16(19)10-11-18(19)13-12-17(19)9-8-15/h1-5H,6-13H2. The first-order valence-corrected chi connectivity index (χ1v) is 9.51. The van der Waals surface area contributed by atoms with E-state index in [-0.39, 0.29) is 0 Å². The van der Waals surface area contributed by atoms with E-state index in [2.05, 4.69) is 49.0 Å². The van der Waals surface area contributed by atoms with Gasteiger partial charge in [-0.25, -0.2) is 0 Å². The van der Waals surface area contributed by atoms with E-state index < -0.39 is 7.21 Å². The van der Waals surface area contributed by atoms with Crippen LogP contribution in [0.3, 0.4) is 0 Å². The Morgan fingerprint density at radius 3 is 1.32 bits per heavy atom. The van der Waals surface area contributed by atoms with Crippen molar-refractivity contribution in [2.24, 2.45) is 0 Å². The Morgan fingerprint density at radius 2 is 0.947 bits per heavy atom. The molecule has 5 rings (SSSR count). The van der Waals surface area contributed by atoms with E-state index in [4.69, 9.17) is 0 Å². The average molecular weight is 276 g/mol. The Morgan fingerprint density at radius 1 is 0.579 bits per heavy atom. The molecular formula is C14H21N4P. The fourth-order valence-electron chi connectivity index (χ4n) is 5.27. The minimum absolute atomic E-state index is 1.26. The van der Waals surface area contributed by atoms with Crippen molar-refractivity contribution in [1.82, 2.24) is 18.7 Å². The predicted octanol–water partition coefficient (Wildman–Crippen LogP) is 0.788. The van der Waals surface area contributed by atoms with Crippen LogP contribution in [0, 0.1) is 0 Å². The van der Waals surface area contributed by atoms with Crippen LogP contribution in [-0.4, -0.2) is 71.0 Å². The minimum atomic E-state index is -2.25. The van der Waals surface area contributed by atoms with E-state index in [9.17, 15) is 0 Å². The van der Waals surface area contributed by atoms with Gasteiger partial charge in [0, 0.05) is 0 Å². The van der Waals surface area contributed by atoms with Gasteiger partial charge in [0.25, 0.3) is 0 Å². The maximum atomic E-state index is 2.86. The molecule has 0 atom stereocenters. The summed E-state index contributed by atoms with van der Waals surface area (Å²) in [7, 11) is -2.25. The number of hydrogen-bond acceptors (Lipinski definition) is 4. The predicted molar refractivity (Wildman–Crippen MR) is 79.3 cm³/mol. The molecule has 0 aromatic heterocycles. The second kappa shape index (κ2) is 3.38. The monoisotopic (exact) mass is 276 g/mol. The van der Waals surface area contributed by atoms with Crippen LogP contribution in [-0.2, 0) is 0 Å². The second-order valence-electron chi connectivity index (χ2n) is 6.09. The quantitative estimate of drug-likeness (QED) is 0.703. The Kier molecular flexibility index (Phi) is 1.99. The Bertz CT molecular complexity index is 458. The molecule has 102 valence electrons. The number of hydrogen-bond donors (Lipinski definition) is 0. The molecule has 4 saturated heterocycles. The molecule has 0 radical (unpaired) electrons. The maximum absolute atomic E-state index is 2.86. The molecule has 1 aromatic carbocycles. The Balaban J connectivity index is 1.87. The molecular weight excluding hydrogens is 255 g/mol. The zero-order valence-corrected chi connectivity index (χ0v) is 12.2. The Labute approximate surface area is 114 Å². The molecule has 0 unspecified atom stereocenters. The summed E-state index contributed by atoms with van der Waals surface area (Å²) in [5.74, 6) is 0. The van der Waals surface area contributed by atoms with Crippen LogP contribution >= 0.6 is 7.21 Å². The summed E-state index contributed by atoms with van der Waals surface area (Å²) < 4.78 is 11.4. The van der Waals surface area contributed by atoms with E-state index in [1.54, 1.807) is 5.30 Å². The molecule has 1 spiro atoms. The van der Waals surface area contributed by atoms with Gasteiger partial charge in [-0.2, -0.15) is 0 Å². The number of nitrogens with zero attached hydrogens (tertiary/aromatic N) is 4. The molecule has 4 fully saturated rings. The zero-order chi connectivity index (χ0) is 12.5. The van der Waals surface area contributed by atoms with Gasteiger partial charge < -0.3 is 0 Å². The normalized spacial score (nSPS) is 35.1. The van der Waals surface area contributed by atoms with E-state index >= 15 is 0 Å². The molecule has 4 aliphatic rings. The van der Waals surface area contributed by atoms with Crippen LogP contribution in [0.1, 0.15) is 0 Å². The zero-order valence-electron chi connectivity index (χ0n) is 11.3. The van der Waals surface area contributed by atoms with Crippen molar-refractivity contribution in [2.45, 2.75) is 0 Å². The Hall–Kier alpha value is -0.510. The summed E-state index contributed by atoms with van der Waals surface area (Å²) in [5.41, 5.74) is 0. The third kappa shape index (κ3) is 0.921. The fraction of sp³-hybridized carbons (Fsp3) is 0.571. The average Bonchev–Trinajstić information content (AvgIpc) is 3.08. The van der Waals surface area contributed by atoms with Crippen LogP contribution in [0.2, 0.25) is 0 Å². The molecule has 0 amide bonds. The molecule has 4 aliphatic heterocycles. The molecule has 0 N–H and O–H groups in total. The van der Waals surface area contributed by atoms with Crippen molar-refractivity contribution in [1.29, 1.82) is 0 Å². The van der Waals surface area contributed by atoms with Gasteiger partial charge in [0.15, 0.2) is 0 Å². The van der Waals surface area contributed by atoms with E-state index in [1.165, 1.54) is 52.4 Å². The fourth-order valence-corrected chi connectivity index (χ4v) is 13.1. The SMILES string of the molecule is c1ccc(P234N5CCN2CCN3CCN4CC5)cc1. The van der Waals surface area contributed by atoms with E-state index in [0.717, 1.165) is 0 Å². The first-order chi connectivity index (χ1) is 9.37. The van der Waals surface area contributed by atoms with Gasteiger partial charge in [0.05, 0.1) is 0 Å². The van der Waals surface area contributed by atoms with Crippen LogP contribution in [0.5, 0.6) is 0 Å². The summed E-state index contributed by atoms with van der Waals surface area (Å²) in [6.07, 6.45) is 0. The van der Waals surface area contributed by atoms with Crippen molar-refractivity contribution >= 4 is 12.5 Å².